The summed E-state index contributed by atoms with van der Waals surface area (Å²) in [6.45, 7) is 5.67. The van der Waals surface area contributed by atoms with Gasteiger partial charge in [0.2, 0.25) is 0 Å². The Morgan fingerprint density at radius 3 is 2.50 bits per heavy atom. The third-order valence-electron chi connectivity index (χ3n) is 4.38. The molecule has 3 rings (SSSR count). The summed E-state index contributed by atoms with van der Waals surface area (Å²) in [6.07, 6.45) is -1.48. The van der Waals surface area contributed by atoms with Gasteiger partial charge in [-0.15, -0.1) is 0 Å². The second kappa shape index (κ2) is 6.81. The third kappa shape index (κ3) is 3.78. The van der Waals surface area contributed by atoms with Crippen molar-refractivity contribution in [3.63, 3.8) is 0 Å². The minimum Gasteiger partial charge on any atom is -0.394 e. The molecule has 0 spiro atoms. The third-order valence-corrected chi connectivity index (χ3v) is 4.38. The van der Waals surface area contributed by atoms with Crippen LogP contribution in [0.25, 0.3) is 10.8 Å². The Kier molecular flexibility index (Phi) is 4.92. The first kappa shape index (κ1) is 17.4. The molecule has 1 aliphatic heterocycles. The lowest BCUT2D eigenvalue weighted by Gasteiger charge is -2.41. The first-order valence-electron chi connectivity index (χ1n) is 8.48. The van der Waals surface area contributed by atoms with E-state index in [1.165, 1.54) is 5.39 Å². The lowest BCUT2D eigenvalue weighted by molar-refractivity contribution is -0.217. The van der Waals surface area contributed by atoms with Gasteiger partial charge in [-0.1, -0.05) is 36.4 Å². The van der Waals surface area contributed by atoms with E-state index in [2.05, 4.69) is 24.3 Å². The second-order valence-corrected chi connectivity index (χ2v) is 7.45. The smallest absolute Gasteiger partial charge is 0.110 e. The molecule has 1 heterocycles. The number of rotatable bonds is 3. The quantitative estimate of drug-likeness (QED) is 0.907. The van der Waals surface area contributed by atoms with Crippen molar-refractivity contribution in [2.24, 2.45) is 0 Å². The van der Waals surface area contributed by atoms with Crippen LogP contribution in [0, 0.1) is 0 Å². The molecular formula is C20H26O4. The molecule has 4 heteroatoms. The summed E-state index contributed by atoms with van der Waals surface area (Å²) in [5, 5.41) is 22.3. The molecular weight excluding hydrogens is 304 g/mol. The Balaban J connectivity index is 1.87. The van der Waals surface area contributed by atoms with E-state index in [0.29, 0.717) is 6.42 Å². The Morgan fingerprint density at radius 2 is 1.83 bits per heavy atom. The van der Waals surface area contributed by atoms with Gasteiger partial charge in [-0.05, 0) is 43.2 Å². The Morgan fingerprint density at radius 1 is 1.12 bits per heavy atom. The van der Waals surface area contributed by atoms with E-state index in [9.17, 15) is 10.2 Å². The summed E-state index contributed by atoms with van der Waals surface area (Å²) in [6, 6.07) is 14.4. The van der Waals surface area contributed by atoms with E-state index in [1.54, 1.807) is 0 Å². The molecule has 0 radical (unpaired) electrons. The monoisotopic (exact) mass is 330 g/mol. The van der Waals surface area contributed by atoms with Crippen LogP contribution in [0.2, 0.25) is 0 Å². The minimum absolute atomic E-state index is 0.206. The van der Waals surface area contributed by atoms with Crippen LogP contribution in [0.5, 0.6) is 0 Å². The first-order valence-corrected chi connectivity index (χ1v) is 8.48. The SMILES string of the molecule is CC(C)(C)O[C@H]1C[C@@H](c2ccc3ccccc3c2)O[C@@H](CO)[C@@H]1O. The summed E-state index contributed by atoms with van der Waals surface area (Å²) in [5.74, 6) is 0. The zero-order chi connectivity index (χ0) is 17.3. The molecule has 1 aliphatic rings. The van der Waals surface area contributed by atoms with Gasteiger partial charge in [-0.25, -0.2) is 0 Å². The normalized spacial score (nSPS) is 28.2. The van der Waals surface area contributed by atoms with Crippen molar-refractivity contribution in [2.75, 3.05) is 6.61 Å². The number of fused-ring (bicyclic) bond motifs is 1. The fraction of sp³-hybridized carbons (Fsp3) is 0.500. The number of aliphatic hydroxyl groups excluding tert-OH is 2. The number of hydrogen-bond acceptors (Lipinski definition) is 4. The van der Waals surface area contributed by atoms with Gasteiger partial charge < -0.3 is 19.7 Å². The average Bonchev–Trinajstić information content (AvgIpc) is 2.55. The molecule has 2 aromatic carbocycles. The fourth-order valence-electron chi connectivity index (χ4n) is 3.28. The molecule has 0 amide bonds. The predicted octanol–water partition coefficient (Wildman–Crippen LogP) is 3.21. The molecule has 0 aromatic heterocycles. The molecule has 1 saturated heterocycles. The molecule has 0 unspecified atom stereocenters. The van der Waals surface area contributed by atoms with Crippen LogP contribution < -0.4 is 0 Å². The molecule has 1 fully saturated rings. The Bertz CT molecular complexity index is 691. The molecule has 130 valence electrons. The van der Waals surface area contributed by atoms with Gasteiger partial charge in [0.05, 0.1) is 24.4 Å². The zero-order valence-corrected chi connectivity index (χ0v) is 14.5. The van der Waals surface area contributed by atoms with E-state index in [4.69, 9.17) is 9.47 Å². The van der Waals surface area contributed by atoms with E-state index in [-0.39, 0.29) is 24.4 Å². The Hall–Kier alpha value is -1.46. The molecule has 4 nitrogen and oxygen atoms in total. The molecule has 4 atom stereocenters. The van der Waals surface area contributed by atoms with E-state index < -0.39 is 12.2 Å². The largest absolute Gasteiger partial charge is 0.394 e. The highest BCUT2D eigenvalue weighted by Crippen LogP contribution is 2.35. The summed E-state index contributed by atoms with van der Waals surface area (Å²) in [7, 11) is 0. The van der Waals surface area contributed by atoms with Crippen molar-refractivity contribution in [1.29, 1.82) is 0 Å². The summed E-state index contributed by atoms with van der Waals surface area (Å²) >= 11 is 0. The van der Waals surface area contributed by atoms with Crippen LogP contribution in [0.3, 0.4) is 0 Å². The highest BCUT2D eigenvalue weighted by Gasteiger charge is 2.40. The van der Waals surface area contributed by atoms with Crippen LogP contribution in [0.1, 0.15) is 38.9 Å². The maximum atomic E-state index is 10.4. The van der Waals surface area contributed by atoms with Crippen LogP contribution in [-0.2, 0) is 9.47 Å². The van der Waals surface area contributed by atoms with Crippen molar-refractivity contribution < 1.29 is 19.7 Å². The van der Waals surface area contributed by atoms with Crippen LogP contribution in [-0.4, -0.2) is 40.7 Å². The molecule has 24 heavy (non-hydrogen) atoms. The van der Waals surface area contributed by atoms with Gasteiger partial charge in [0.25, 0.3) is 0 Å². The highest BCUT2D eigenvalue weighted by molar-refractivity contribution is 5.83. The minimum atomic E-state index is -0.828. The van der Waals surface area contributed by atoms with Crippen molar-refractivity contribution in [1.82, 2.24) is 0 Å². The van der Waals surface area contributed by atoms with Gasteiger partial charge >= 0.3 is 0 Å². The summed E-state index contributed by atoms with van der Waals surface area (Å²) < 4.78 is 12.0. The van der Waals surface area contributed by atoms with Crippen molar-refractivity contribution >= 4 is 10.8 Å². The first-order chi connectivity index (χ1) is 11.4. The Labute approximate surface area is 143 Å². The molecule has 0 bridgehead atoms. The molecule has 2 aromatic rings. The highest BCUT2D eigenvalue weighted by atomic mass is 16.6. The number of ether oxygens (including phenoxy) is 2. The number of hydrogen-bond donors (Lipinski definition) is 2. The van der Waals surface area contributed by atoms with Gasteiger partial charge in [0.1, 0.15) is 12.2 Å². The lowest BCUT2D eigenvalue weighted by atomic mass is 9.92. The van der Waals surface area contributed by atoms with E-state index in [0.717, 1.165) is 10.9 Å². The fourth-order valence-corrected chi connectivity index (χ4v) is 3.28. The predicted molar refractivity (Wildman–Crippen MR) is 93.9 cm³/mol. The number of aliphatic hydroxyl groups is 2. The molecule has 0 saturated carbocycles. The maximum Gasteiger partial charge on any atom is 0.110 e. The van der Waals surface area contributed by atoms with Gasteiger partial charge in [0.15, 0.2) is 0 Å². The molecule has 0 aliphatic carbocycles. The lowest BCUT2D eigenvalue weighted by Crippen LogP contribution is -2.50. The van der Waals surface area contributed by atoms with Crippen molar-refractivity contribution in [3.8, 4) is 0 Å². The van der Waals surface area contributed by atoms with Gasteiger partial charge in [-0.2, -0.15) is 0 Å². The maximum absolute atomic E-state index is 10.4. The summed E-state index contributed by atoms with van der Waals surface area (Å²) in [4.78, 5) is 0. The van der Waals surface area contributed by atoms with Gasteiger partial charge in [0, 0.05) is 6.42 Å². The van der Waals surface area contributed by atoms with E-state index in [1.807, 2.05) is 39.0 Å². The van der Waals surface area contributed by atoms with E-state index >= 15 is 0 Å². The van der Waals surface area contributed by atoms with Crippen molar-refractivity contribution in [3.05, 3.63) is 48.0 Å². The second-order valence-electron chi connectivity index (χ2n) is 7.45. The van der Waals surface area contributed by atoms with Gasteiger partial charge in [-0.3, -0.25) is 0 Å². The standard InChI is InChI=1S/C20H26O4/c1-20(2,3)24-17-11-16(23-18(12-21)19(17)22)15-9-8-13-6-4-5-7-14(13)10-15/h4-10,16-19,21-22H,11-12H2,1-3H3/t16-,17-,18-,19+/m0/s1. The van der Waals surface area contributed by atoms with Crippen LogP contribution >= 0.6 is 0 Å². The number of benzene rings is 2. The van der Waals surface area contributed by atoms with Crippen LogP contribution in [0.15, 0.2) is 42.5 Å². The van der Waals surface area contributed by atoms with Crippen LogP contribution in [0.4, 0.5) is 0 Å². The van der Waals surface area contributed by atoms with Crippen molar-refractivity contribution in [2.45, 2.75) is 57.2 Å². The zero-order valence-electron chi connectivity index (χ0n) is 14.5. The topological polar surface area (TPSA) is 58.9 Å². The average molecular weight is 330 g/mol. The molecule has 2 N–H and O–H groups in total. The summed E-state index contributed by atoms with van der Waals surface area (Å²) in [5.41, 5.74) is 0.679.